The van der Waals surface area contributed by atoms with Gasteiger partial charge in [0.05, 0.1) is 0 Å². The third-order valence-corrected chi connectivity index (χ3v) is 4.59. The van der Waals surface area contributed by atoms with Crippen LogP contribution in [0.3, 0.4) is 0 Å². The van der Waals surface area contributed by atoms with Crippen LogP contribution >= 0.6 is 0 Å². The van der Waals surface area contributed by atoms with Crippen molar-refractivity contribution in [1.82, 2.24) is 24.6 Å². The summed E-state index contributed by atoms with van der Waals surface area (Å²) in [6.07, 6.45) is 10.4. The number of aryl methyl sites for hydroxylation is 2. The van der Waals surface area contributed by atoms with E-state index in [1.54, 1.807) is 24.0 Å². The number of nitrogens with zero attached hydrogens (tertiary/aromatic N) is 5. The molecule has 3 rings (SSSR count). The second-order valence-electron chi connectivity index (χ2n) is 6.58. The van der Waals surface area contributed by atoms with Crippen molar-refractivity contribution in [3.8, 4) is 0 Å². The Kier molecular flexibility index (Phi) is 5.30. The summed E-state index contributed by atoms with van der Waals surface area (Å²) in [6.45, 7) is 4.85. The van der Waals surface area contributed by atoms with E-state index in [-0.39, 0.29) is 5.56 Å². The molecule has 1 N–H and O–H groups in total. The maximum Gasteiger partial charge on any atom is 0.293 e. The molecule has 3 heterocycles. The van der Waals surface area contributed by atoms with Crippen molar-refractivity contribution >= 4 is 5.82 Å². The predicted molar refractivity (Wildman–Crippen MR) is 94.2 cm³/mol. The van der Waals surface area contributed by atoms with E-state index in [1.165, 1.54) is 0 Å². The van der Waals surface area contributed by atoms with E-state index < -0.39 is 0 Å². The first-order valence-electron chi connectivity index (χ1n) is 8.63. The van der Waals surface area contributed by atoms with E-state index in [1.807, 2.05) is 23.1 Å². The first-order valence-corrected chi connectivity index (χ1v) is 8.63. The van der Waals surface area contributed by atoms with Crippen LogP contribution in [0.1, 0.15) is 26.2 Å². The highest BCUT2D eigenvalue weighted by Crippen LogP contribution is 2.15. The second-order valence-corrected chi connectivity index (χ2v) is 6.58. The lowest BCUT2D eigenvalue weighted by atomic mass is 10.0. The Hall–Kier alpha value is -2.15. The van der Waals surface area contributed by atoms with Crippen LogP contribution in [0, 0.1) is 0 Å². The molecule has 0 radical (unpaired) electrons. The van der Waals surface area contributed by atoms with Gasteiger partial charge in [0.15, 0.2) is 5.82 Å². The molecule has 0 aromatic carbocycles. The molecule has 1 fully saturated rings. The molecule has 0 amide bonds. The number of anilines is 1. The normalized spacial score (nSPS) is 19.4. The molecule has 130 valence electrons. The molecule has 0 bridgehead atoms. The Balaban J connectivity index is 1.55. The fourth-order valence-electron chi connectivity index (χ4n) is 3.25. The molecular weight excluding hydrogens is 304 g/mol. The van der Waals surface area contributed by atoms with Crippen molar-refractivity contribution in [2.45, 2.75) is 44.8 Å². The fraction of sp³-hybridized carbons (Fsp3) is 0.588. The van der Waals surface area contributed by atoms with E-state index in [9.17, 15) is 4.79 Å². The highest BCUT2D eigenvalue weighted by atomic mass is 16.1. The van der Waals surface area contributed by atoms with Gasteiger partial charge in [-0.15, -0.1) is 0 Å². The van der Waals surface area contributed by atoms with Crippen LogP contribution in [-0.2, 0) is 13.6 Å². The van der Waals surface area contributed by atoms with Crippen LogP contribution in [0.5, 0.6) is 0 Å². The number of hydrogen-bond donors (Lipinski definition) is 1. The smallest absolute Gasteiger partial charge is 0.293 e. The maximum absolute atomic E-state index is 12.3. The van der Waals surface area contributed by atoms with Crippen LogP contribution in [-0.4, -0.2) is 44.5 Å². The quantitative estimate of drug-likeness (QED) is 0.856. The summed E-state index contributed by atoms with van der Waals surface area (Å²) in [5.41, 5.74) is -0.0233. The van der Waals surface area contributed by atoms with Crippen molar-refractivity contribution in [3.63, 3.8) is 0 Å². The molecule has 0 unspecified atom stereocenters. The third kappa shape index (κ3) is 4.03. The first kappa shape index (κ1) is 16.7. The Bertz CT molecular complexity index is 695. The Morgan fingerprint density at radius 3 is 3.04 bits per heavy atom. The summed E-state index contributed by atoms with van der Waals surface area (Å²) >= 11 is 0. The highest BCUT2D eigenvalue weighted by Gasteiger charge is 2.23. The molecule has 0 saturated carbocycles. The van der Waals surface area contributed by atoms with E-state index in [0.29, 0.717) is 17.9 Å². The summed E-state index contributed by atoms with van der Waals surface area (Å²) in [5.74, 6) is 0.565. The molecule has 2 atom stereocenters. The van der Waals surface area contributed by atoms with Crippen molar-refractivity contribution < 1.29 is 0 Å². The van der Waals surface area contributed by atoms with E-state index in [2.05, 4.69) is 27.2 Å². The molecule has 0 spiro atoms. The van der Waals surface area contributed by atoms with Crippen LogP contribution in [0.15, 0.2) is 35.6 Å². The Labute approximate surface area is 142 Å². The summed E-state index contributed by atoms with van der Waals surface area (Å²) in [7, 11) is 1.77. The summed E-state index contributed by atoms with van der Waals surface area (Å²) in [4.78, 5) is 18.7. The largest absolute Gasteiger partial charge is 0.350 e. The third-order valence-electron chi connectivity index (χ3n) is 4.59. The molecule has 1 aliphatic rings. The number of piperidine rings is 1. The van der Waals surface area contributed by atoms with Crippen molar-refractivity contribution in [2.75, 3.05) is 18.0 Å². The standard InChI is InChI=1S/C17H26N6O/c1-14(6-11-23-10-4-7-19-23)20-15-5-3-9-22(13-15)16-17(24)21(2)12-8-18-16/h4,7-8,10,12,14-15,20H,3,5-6,9,11,13H2,1-2H3/t14-,15-/m1/s1. The number of rotatable bonds is 6. The van der Waals surface area contributed by atoms with E-state index in [0.717, 1.165) is 38.9 Å². The summed E-state index contributed by atoms with van der Waals surface area (Å²) in [6, 6.07) is 2.74. The van der Waals surface area contributed by atoms with E-state index in [4.69, 9.17) is 0 Å². The highest BCUT2D eigenvalue weighted by molar-refractivity contribution is 5.36. The first-order chi connectivity index (χ1) is 11.6. The molecule has 1 saturated heterocycles. The molecule has 2 aromatic rings. The van der Waals surface area contributed by atoms with Crippen LogP contribution in [0.4, 0.5) is 5.82 Å². The Morgan fingerprint density at radius 1 is 1.38 bits per heavy atom. The number of hydrogen-bond acceptors (Lipinski definition) is 5. The summed E-state index contributed by atoms with van der Waals surface area (Å²) in [5, 5.41) is 7.94. The van der Waals surface area contributed by atoms with Crippen LogP contribution in [0.2, 0.25) is 0 Å². The fourth-order valence-corrected chi connectivity index (χ4v) is 3.25. The van der Waals surface area contributed by atoms with Gasteiger partial charge in [-0.05, 0) is 32.3 Å². The molecule has 2 aromatic heterocycles. The molecule has 0 aliphatic carbocycles. The van der Waals surface area contributed by atoms with Gasteiger partial charge < -0.3 is 14.8 Å². The lowest BCUT2D eigenvalue weighted by molar-refractivity contribution is 0.359. The average molecular weight is 330 g/mol. The van der Waals surface area contributed by atoms with Crippen LogP contribution < -0.4 is 15.8 Å². The molecule has 24 heavy (non-hydrogen) atoms. The second kappa shape index (κ2) is 7.61. The number of nitrogens with one attached hydrogen (secondary N) is 1. The van der Waals surface area contributed by atoms with Gasteiger partial charge in [-0.3, -0.25) is 9.48 Å². The molecule has 1 aliphatic heterocycles. The molecule has 7 nitrogen and oxygen atoms in total. The minimum absolute atomic E-state index is 0.0233. The van der Waals surface area contributed by atoms with Crippen molar-refractivity contribution in [3.05, 3.63) is 41.2 Å². The van der Waals surface area contributed by atoms with Gasteiger partial charge >= 0.3 is 0 Å². The van der Waals surface area contributed by atoms with E-state index >= 15 is 0 Å². The average Bonchev–Trinajstić information content (AvgIpc) is 3.09. The van der Waals surface area contributed by atoms with Gasteiger partial charge in [0.25, 0.3) is 5.56 Å². The molecular formula is C17H26N6O. The topological polar surface area (TPSA) is 68.0 Å². The predicted octanol–water partition coefficient (Wildman–Crippen LogP) is 1.01. The van der Waals surface area contributed by atoms with Gasteiger partial charge in [-0.1, -0.05) is 0 Å². The van der Waals surface area contributed by atoms with Crippen molar-refractivity contribution in [1.29, 1.82) is 0 Å². The minimum Gasteiger partial charge on any atom is -0.350 e. The minimum atomic E-state index is -0.0233. The van der Waals surface area contributed by atoms with Gasteiger partial charge in [0.2, 0.25) is 0 Å². The monoisotopic (exact) mass is 330 g/mol. The zero-order valence-corrected chi connectivity index (χ0v) is 14.4. The van der Waals surface area contributed by atoms with Gasteiger partial charge in [-0.2, -0.15) is 5.10 Å². The lowest BCUT2D eigenvalue weighted by Crippen LogP contribution is -2.50. The number of aromatic nitrogens is 4. The Morgan fingerprint density at radius 2 is 2.25 bits per heavy atom. The van der Waals surface area contributed by atoms with Gasteiger partial charge in [0, 0.05) is 63.6 Å². The summed E-state index contributed by atoms with van der Waals surface area (Å²) < 4.78 is 3.55. The zero-order chi connectivity index (χ0) is 16.9. The zero-order valence-electron chi connectivity index (χ0n) is 14.4. The SMILES string of the molecule is C[C@H](CCn1cccn1)N[C@@H]1CCCN(c2nccn(C)c2=O)C1. The van der Waals surface area contributed by atoms with Crippen molar-refractivity contribution in [2.24, 2.45) is 7.05 Å². The van der Waals surface area contributed by atoms with Gasteiger partial charge in [-0.25, -0.2) is 4.98 Å². The maximum atomic E-state index is 12.3. The van der Waals surface area contributed by atoms with Crippen LogP contribution in [0.25, 0.3) is 0 Å². The lowest BCUT2D eigenvalue weighted by Gasteiger charge is -2.35. The molecule has 7 heteroatoms. The van der Waals surface area contributed by atoms with Gasteiger partial charge in [0.1, 0.15) is 0 Å².